The number of β-amino-alcohol motifs (C(OH)–C–C–N with tert-alkyl or cyclic N) is 1. The van der Waals surface area contributed by atoms with Crippen molar-refractivity contribution in [2.24, 2.45) is 0 Å². The molecule has 2 aromatic rings. The second-order valence-electron chi connectivity index (χ2n) is 7.56. The van der Waals surface area contributed by atoms with E-state index < -0.39 is 30.1 Å². The Balaban J connectivity index is 1.60. The van der Waals surface area contributed by atoms with Gasteiger partial charge in [0, 0.05) is 25.9 Å². The van der Waals surface area contributed by atoms with Crippen LogP contribution in [0.4, 0.5) is 0 Å². The summed E-state index contributed by atoms with van der Waals surface area (Å²) in [5, 5.41) is 12.9. The molecule has 0 radical (unpaired) electrons. The van der Waals surface area contributed by atoms with Crippen molar-refractivity contribution in [2.45, 2.75) is 58.4 Å². The molecule has 3 rings (SSSR count). The predicted molar refractivity (Wildman–Crippen MR) is 116 cm³/mol. The molecule has 1 aliphatic heterocycles. The number of aryl methyl sites for hydroxylation is 1. The van der Waals surface area contributed by atoms with Crippen LogP contribution in [0.5, 0.6) is 0 Å². The van der Waals surface area contributed by atoms with Crippen LogP contribution in [0.3, 0.4) is 0 Å². The number of hydrogen-bond acceptors (Lipinski definition) is 7. The molecule has 0 bridgehead atoms. The zero-order valence-corrected chi connectivity index (χ0v) is 18.6. The number of nitrogens with zero attached hydrogens (tertiary/aromatic N) is 2. The minimum absolute atomic E-state index is 0.0355. The van der Waals surface area contributed by atoms with Gasteiger partial charge >= 0.3 is 5.97 Å². The molecule has 166 valence electrons. The average Bonchev–Trinajstić information content (AvgIpc) is 3.37. The SMILES string of the molecule is CCC(=O)O[C@@H](C)C(=O)N1C[C@H](O)C[C@H]1C(=O)NCc1ccc(-c2scnc2C)cc1. The highest BCUT2D eigenvalue weighted by molar-refractivity contribution is 7.13. The van der Waals surface area contributed by atoms with Crippen LogP contribution in [0, 0.1) is 6.92 Å². The van der Waals surface area contributed by atoms with E-state index >= 15 is 0 Å². The lowest BCUT2D eigenvalue weighted by atomic mass is 10.1. The Hall–Kier alpha value is -2.78. The van der Waals surface area contributed by atoms with Gasteiger partial charge in [0.2, 0.25) is 5.91 Å². The van der Waals surface area contributed by atoms with Crippen molar-refractivity contribution in [3.63, 3.8) is 0 Å². The molecule has 1 aromatic carbocycles. The number of esters is 1. The fraction of sp³-hybridized carbons (Fsp3) is 0.455. The number of aliphatic hydroxyl groups excluding tert-OH is 1. The van der Waals surface area contributed by atoms with E-state index in [4.69, 9.17) is 4.74 Å². The first kappa shape index (κ1) is 22.9. The molecule has 8 nitrogen and oxygen atoms in total. The van der Waals surface area contributed by atoms with E-state index in [1.165, 1.54) is 11.8 Å². The predicted octanol–water partition coefficient (Wildman–Crippen LogP) is 2.04. The van der Waals surface area contributed by atoms with Crippen LogP contribution >= 0.6 is 11.3 Å². The van der Waals surface area contributed by atoms with Gasteiger partial charge in [-0.05, 0) is 25.0 Å². The number of ether oxygens (including phenoxy) is 1. The molecule has 0 unspecified atom stereocenters. The molecular weight excluding hydrogens is 418 g/mol. The maximum Gasteiger partial charge on any atom is 0.306 e. The first-order valence-corrected chi connectivity index (χ1v) is 11.1. The van der Waals surface area contributed by atoms with Crippen LogP contribution in [0.1, 0.15) is 37.9 Å². The van der Waals surface area contributed by atoms with Crippen molar-refractivity contribution >= 4 is 29.1 Å². The van der Waals surface area contributed by atoms with E-state index in [0.29, 0.717) is 6.54 Å². The summed E-state index contributed by atoms with van der Waals surface area (Å²) in [6, 6.07) is 7.05. The molecular formula is C22H27N3O5S. The van der Waals surface area contributed by atoms with Crippen LogP contribution in [-0.4, -0.2) is 57.6 Å². The van der Waals surface area contributed by atoms with Crippen LogP contribution in [0.2, 0.25) is 0 Å². The van der Waals surface area contributed by atoms with Crippen molar-refractivity contribution in [2.75, 3.05) is 6.54 Å². The van der Waals surface area contributed by atoms with Crippen molar-refractivity contribution in [3.05, 3.63) is 41.0 Å². The minimum atomic E-state index is -1.00. The Bertz CT molecular complexity index is 943. The standard InChI is InChI=1S/C22H27N3O5S/c1-4-19(27)30-14(3)22(29)25-11-17(26)9-18(25)21(28)23-10-15-5-7-16(8-6-15)20-13(2)24-12-31-20/h5-8,12,14,17-18,26H,4,9-11H2,1-3H3,(H,23,28)/t14-,17+,18-/m0/s1. The van der Waals surface area contributed by atoms with Crippen molar-refractivity contribution < 1.29 is 24.2 Å². The number of carbonyl (C=O) groups is 3. The molecule has 9 heteroatoms. The van der Waals surface area contributed by atoms with Gasteiger partial charge in [0.25, 0.3) is 5.91 Å². The summed E-state index contributed by atoms with van der Waals surface area (Å²) in [6.45, 7) is 5.42. The zero-order valence-electron chi connectivity index (χ0n) is 17.8. The molecule has 0 aliphatic carbocycles. The number of carbonyl (C=O) groups excluding carboxylic acids is 3. The van der Waals surface area contributed by atoms with E-state index in [0.717, 1.165) is 21.7 Å². The summed E-state index contributed by atoms with van der Waals surface area (Å²) in [7, 11) is 0. The van der Waals surface area contributed by atoms with E-state index in [9.17, 15) is 19.5 Å². The lowest BCUT2D eigenvalue weighted by molar-refractivity contribution is -0.160. The highest BCUT2D eigenvalue weighted by atomic mass is 32.1. The average molecular weight is 446 g/mol. The van der Waals surface area contributed by atoms with Crippen molar-refractivity contribution in [3.8, 4) is 10.4 Å². The second-order valence-corrected chi connectivity index (χ2v) is 8.42. The van der Waals surface area contributed by atoms with Crippen molar-refractivity contribution in [1.29, 1.82) is 0 Å². The maximum absolute atomic E-state index is 12.7. The number of thiazole rings is 1. The topological polar surface area (TPSA) is 109 Å². The number of hydrogen-bond donors (Lipinski definition) is 2. The van der Waals surface area contributed by atoms with Gasteiger partial charge in [-0.15, -0.1) is 11.3 Å². The van der Waals surface area contributed by atoms with Gasteiger partial charge in [-0.1, -0.05) is 31.2 Å². The first-order chi connectivity index (χ1) is 14.8. The molecule has 3 atom stereocenters. The van der Waals surface area contributed by atoms with Gasteiger partial charge in [-0.25, -0.2) is 4.98 Å². The normalized spacial score (nSPS) is 19.2. The Morgan fingerprint density at radius 3 is 2.65 bits per heavy atom. The van der Waals surface area contributed by atoms with E-state index in [1.807, 2.05) is 36.7 Å². The Morgan fingerprint density at radius 1 is 1.32 bits per heavy atom. The molecule has 0 spiro atoms. The maximum atomic E-state index is 12.7. The number of likely N-dealkylation sites (tertiary alicyclic amines) is 1. The van der Waals surface area contributed by atoms with Gasteiger partial charge in [0.05, 0.1) is 22.2 Å². The molecule has 0 saturated carbocycles. The monoisotopic (exact) mass is 445 g/mol. The number of rotatable bonds is 7. The second kappa shape index (κ2) is 10.0. The number of aromatic nitrogens is 1. The van der Waals surface area contributed by atoms with Crippen LogP contribution in [0.25, 0.3) is 10.4 Å². The van der Waals surface area contributed by atoms with Gasteiger partial charge in [-0.3, -0.25) is 14.4 Å². The highest BCUT2D eigenvalue weighted by Crippen LogP contribution is 2.27. The third-order valence-corrected chi connectivity index (χ3v) is 6.22. The summed E-state index contributed by atoms with van der Waals surface area (Å²) < 4.78 is 5.07. The summed E-state index contributed by atoms with van der Waals surface area (Å²) in [5.74, 6) is -1.32. The molecule has 1 saturated heterocycles. The zero-order chi connectivity index (χ0) is 22.5. The Kier molecular flexibility index (Phi) is 7.40. The lowest BCUT2D eigenvalue weighted by Gasteiger charge is -2.26. The number of aliphatic hydroxyl groups is 1. The summed E-state index contributed by atoms with van der Waals surface area (Å²) in [5.41, 5.74) is 4.78. The van der Waals surface area contributed by atoms with Gasteiger partial charge in [0.1, 0.15) is 6.04 Å². The summed E-state index contributed by atoms with van der Waals surface area (Å²) in [6.07, 6.45) is -1.49. The van der Waals surface area contributed by atoms with Crippen LogP contribution in [-0.2, 0) is 25.7 Å². The molecule has 2 amide bonds. The minimum Gasteiger partial charge on any atom is -0.453 e. The molecule has 2 heterocycles. The largest absolute Gasteiger partial charge is 0.453 e. The van der Waals surface area contributed by atoms with E-state index in [2.05, 4.69) is 10.3 Å². The smallest absolute Gasteiger partial charge is 0.306 e. The highest BCUT2D eigenvalue weighted by Gasteiger charge is 2.40. The quantitative estimate of drug-likeness (QED) is 0.632. The molecule has 1 aliphatic rings. The third-order valence-electron chi connectivity index (χ3n) is 5.24. The number of benzene rings is 1. The van der Waals surface area contributed by atoms with Gasteiger partial charge in [0.15, 0.2) is 6.10 Å². The summed E-state index contributed by atoms with van der Waals surface area (Å²) >= 11 is 1.58. The number of nitrogens with one attached hydrogen (secondary N) is 1. The van der Waals surface area contributed by atoms with Crippen LogP contribution in [0.15, 0.2) is 29.8 Å². The molecule has 31 heavy (non-hydrogen) atoms. The Labute approximate surface area is 185 Å². The van der Waals surface area contributed by atoms with E-state index in [-0.39, 0.29) is 25.3 Å². The van der Waals surface area contributed by atoms with E-state index in [1.54, 1.807) is 18.3 Å². The third kappa shape index (κ3) is 5.48. The van der Waals surface area contributed by atoms with Gasteiger partial charge < -0.3 is 20.1 Å². The molecule has 1 aromatic heterocycles. The van der Waals surface area contributed by atoms with Gasteiger partial charge in [-0.2, -0.15) is 0 Å². The summed E-state index contributed by atoms with van der Waals surface area (Å²) in [4.78, 5) is 43.6. The Morgan fingerprint density at radius 2 is 2.03 bits per heavy atom. The lowest BCUT2D eigenvalue weighted by Crippen LogP contribution is -2.49. The fourth-order valence-corrected chi connectivity index (χ4v) is 4.34. The number of amides is 2. The van der Waals surface area contributed by atoms with Crippen molar-refractivity contribution in [1.82, 2.24) is 15.2 Å². The first-order valence-electron chi connectivity index (χ1n) is 10.2. The fourth-order valence-electron chi connectivity index (χ4n) is 3.53. The molecule has 1 fully saturated rings. The van der Waals surface area contributed by atoms with Crippen LogP contribution < -0.4 is 5.32 Å². The molecule has 2 N–H and O–H groups in total.